The summed E-state index contributed by atoms with van der Waals surface area (Å²) in [6.07, 6.45) is 0. The number of hydrogen-bond acceptors (Lipinski definition) is 1. The van der Waals surface area contributed by atoms with E-state index in [1.165, 1.54) is 0 Å². The Kier molecular flexibility index (Phi) is 2.89. The summed E-state index contributed by atoms with van der Waals surface area (Å²) in [5, 5.41) is 0. The highest BCUT2D eigenvalue weighted by Gasteiger charge is 2.01. The van der Waals surface area contributed by atoms with Gasteiger partial charge in [-0.15, -0.1) is 0 Å². The molecule has 0 aromatic heterocycles. The van der Waals surface area contributed by atoms with E-state index in [0.717, 1.165) is 8.04 Å². The van der Waals surface area contributed by atoms with E-state index in [4.69, 9.17) is 5.73 Å². The van der Waals surface area contributed by atoms with Crippen molar-refractivity contribution >= 4 is 44.4 Å². The lowest BCUT2D eigenvalue weighted by Crippen LogP contribution is -2.10. The second-order valence-electron chi connectivity index (χ2n) is 2.02. The summed E-state index contributed by atoms with van der Waals surface area (Å²) in [4.78, 5) is 10.7. The molecule has 0 bridgehead atoms. The molecule has 0 aliphatic heterocycles. The quantitative estimate of drug-likeness (QED) is 0.790. The molecule has 1 aromatic carbocycles. The van der Waals surface area contributed by atoms with Crippen LogP contribution in [0.25, 0.3) is 0 Å². The van der Waals surface area contributed by atoms with Crippen molar-refractivity contribution < 1.29 is 4.79 Å². The molecule has 1 amide bonds. The Labute approximate surface area is 86.4 Å². The molecule has 4 heteroatoms. The summed E-state index contributed by atoms with van der Waals surface area (Å²) in [5.41, 5.74) is 5.62. The number of halogens is 2. The topological polar surface area (TPSA) is 43.1 Å². The Bertz CT molecular complexity index is 280. The molecule has 0 heterocycles. The Morgan fingerprint density at radius 1 is 1.45 bits per heavy atom. The number of hydrogen-bond donors (Lipinski definition) is 1. The van der Waals surface area contributed by atoms with Crippen molar-refractivity contribution in [2.45, 2.75) is 0 Å². The van der Waals surface area contributed by atoms with Crippen LogP contribution in [0.1, 0.15) is 10.4 Å². The lowest BCUT2D eigenvalue weighted by Gasteiger charge is -1.97. The van der Waals surface area contributed by atoms with E-state index >= 15 is 0 Å². The molecule has 58 valence electrons. The standard InChI is InChI=1S/C7H5BrINO/c8-5-1-4(7(10)11)2-6(9)3-5/h1-3H,(H2,10,11). The van der Waals surface area contributed by atoms with Crippen LogP contribution in [0.15, 0.2) is 22.7 Å². The van der Waals surface area contributed by atoms with Crippen molar-refractivity contribution in [1.82, 2.24) is 0 Å². The van der Waals surface area contributed by atoms with Crippen LogP contribution in [0, 0.1) is 3.57 Å². The Balaban J connectivity index is 3.19. The number of rotatable bonds is 1. The molecule has 11 heavy (non-hydrogen) atoms. The molecule has 0 saturated carbocycles. The van der Waals surface area contributed by atoms with E-state index in [-0.39, 0.29) is 0 Å². The first kappa shape index (κ1) is 8.99. The van der Waals surface area contributed by atoms with Gasteiger partial charge in [-0.25, -0.2) is 0 Å². The summed E-state index contributed by atoms with van der Waals surface area (Å²) in [5.74, 6) is -0.399. The second kappa shape index (κ2) is 3.53. The van der Waals surface area contributed by atoms with E-state index < -0.39 is 5.91 Å². The van der Waals surface area contributed by atoms with Crippen molar-refractivity contribution in [1.29, 1.82) is 0 Å². The van der Waals surface area contributed by atoms with E-state index in [0.29, 0.717) is 5.56 Å². The largest absolute Gasteiger partial charge is 0.366 e. The van der Waals surface area contributed by atoms with Gasteiger partial charge in [0, 0.05) is 13.6 Å². The normalized spacial score (nSPS) is 9.64. The summed E-state index contributed by atoms with van der Waals surface area (Å²) >= 11 is 5.40. The predicted octanol–water partition coefficient (Wildman–Crippen LogP) is 2.15. The predicted molar refractivity (Wildman–Crippen MR) is 55.4 cm³/mol. The molecule has 0 saturated heterocycles. The minimum Gasteiger partial charge on any atom is -0.366 e. The number of benzene rings is 1. The SMILES string of the molecule is NC(=O)c1cc(Br)cc(I)c1. The molecule has 0 aliphatic carbocycles. The Hall–Kier alpha value is -0.100. The van der Waals surface area contributed by atoms with Crippen molar-refractivity contribution in [2.75, 3.05) is 0 Å². The average Bonchev–Trinajstić information content (AvgIpc) is 1.85. The molecule has 1 aromatic rings. The van der Waals surface area contributed by atoms with Gasteiger partial charge < -0.3 is 5.73 Å². The maximum absolute atomic E-state index is 10.7. The zero-order valence-electron chi connectivity index (χ0n) is 5.47. The van der Waals surface area contributed by atoms with Crippen LogP contribution in [0.4, 0.5) is 0 Å². The first-order valence-corrected chi connectivity index (χ1v) is 4.72. The fourth-order valence-electron chi connectivity index (χ4n) is 0.696. The molecule has 2 N–H and O–H groups in total. The third kappa shape index (κ3) is 2.44. The van der Waals surface area contributed by atoms with Gasteiger partial charge in [0.15, 0.2) is 0 Å². The molecule has 0 radical (unpaired) electrons. The first-order valence-electron chi connectivity index (χ1n) is 2.85. The van der Waals surface area contributed by atoms with E-state index in [9.17, 15) is 4.79 Å². The highest BCUT2D eigenvalue weighted by molar-refractivity contribution is 14.1. The van der Waals surface area contributed by atoms with Crippen LogP contribution >= 0.6 is 38.5 Å². The number of amides is 1. The van der Waals surface area contributed by atoms with Crippen molar-refractivity contribution in [2.24, 2.45) is 5.73 Å². The lowest BCUT2D eigenvalue weighted by molar-refractivity contribution is 0.1000. The van der Waals surface area contributed by atoms with Crippen LogP contribution in [0.3, 0.4) is 0 Å². The van der Waals surface area contributed by atoms with Crippen LogP contribution in [-0.2, 0) is 0 Å². The molecule has 1 rings (SSSR count). The van der Waals surface area contributed by atoms with Crippen LogP contribution in [0.2, 0.25) is 0 Å². The first-order chi connectivity index (χ1) is 5.09. The average molecular weight is 326 g/mol. The summed E-state index contributed by atoms with van der Waals surface area (Å²) in [7, 11) is 0. The van der Waals surface area contributed by atoms with Crippen molar-refractivity contribution in [3.05, 3.63) is 31.8 Å². The minimum absolute atomic E-state index is 0.399. The second-order valence-corrected chi connectivity index (χ2v) is 4.18. The monoisotopic (exact) mass is 325 g/mol. The maximum atomic E-state index is 10.7. The number of carbonyl (C=O) groups excluding carboxylic acids is 1. The molecular formula is C7H5BrINO. The van der Waals surface area contributed by atoms with Gasteiger partial charge in [-0.2, -0.15) is 0 Å². The van der Waals surface area contributed by atoms with E-state index in [1.54, 1.807) is 12.1 Å². The van der Waals surface area contributed by atoms with Gasteiger partial charge in [0.05, 0.1) is 0 Å². The lowest BCUT2D eigenvalue weighted by atomic mass is 10.2. The maximum Gasteiger partial charge on any atom is 0.248 e. The van der Waals surface area contributed by atoms with Gasteiger partial charge in [0.2, 0.25) is 5.91 Å². The molecule has 0 unspecified atom stereocenters. The molecule has 2 nitrogen and oxygen atoms in total. The number of nitrogens with two attached hydrogens (primary N) is 1. The van der Waals surface area contributed by atoms with E-state index in [2.05, 4.69) is 38.5 Å². The molecule has 0 atom stereocenters. The summed E-state index contributed by atoms with van der Waals surface area (Å²) in [6.45, 7) is 0. The van der Waals surface area contributed by atoms with Gasteiger partial charge in [-0.05, 0) is 40.8 Å². The van der Waals surface area contributed by atoms with Crippen molar-refractivity contribution in [3.63, 3.8) is 0 Å². The van der Waals surface area contributed by atoms with Gasteiger partial charge >= 0.3 is 0 Å². The molecular weight excluding hydrogens is 321 g/mol. The third-order valence-electron chi connectivity index (χ3n) is 1.15. The smallest absolute Gasteiger partial charge is 0.248 e. The van der Waals surface area contributed by atoms with E-state index in [1.807, 2.05) is 6.07 Å². The Morgan fingerprint density at radius 2 is 2.09 bits per heavy atom. The number of carbonyl (C=O) groups is 1. The van der Waals surface area contributed by atoms with Gasteiger partial charge in [-0.1, -0.05) is 15.9 Å². The van der Waals surface area contributed by atoms with Crippen molar-refractivity contribution in [3.8, 4) is 0 Å². The molecule has 0 fully saturated rings. The van der Waals surface area contributed by atoms with Crippen LogP contribution in [-0.4, -0.2) is 5.91 Å². The highest BCUT2D eigenvalue weighted by Crippen LogP contribution is 2.16. The highest BCUT2D eigenvalue weighted by atomic mass is 127. The molecule has 0 aliphatic rings. The van der Waals surface area contributed by atoms with Gasteiger partial charge in [0.25, 0.3) is 0 Å². The minimum atomic E-state index is -0.399. The van der Waals surface area contributed by atoms with Gasteiger partial charge in [0.1, 0.15) is 0 Å². The zero-order valence-corrected chi connectivity index (χ0v) is 9.22. The molecule has 0 spiro atoms. The number of primary amides is 1. The zero-order chi connectivity index (χ0) is 8.43. The summed E-state index contributed by atoms with van der Waals surface area (Å²) in [6, 6.07) is 5.35. The van der Waals surface area contributed by atoms with Crippen LogP contribution < -0.4 is 5.73 Å². The third-order valence-corrected chi connectivity index (χ3v) is 2.23. The fraction of sp³-hybridized carbons (Fsp3) is 0. The Morgan fingerprint density at radius 3 is 2.55 bits per heavy atom. The summed E-state index contributed by atoms with van der Waals surface area (Å²) < 4.78 is 1.86. The fourth-order valence-corrected chi connectivity index (χ4v) is 2.29. The van der Waals surface area contributed by atoms with Gasteiger partial charge in [-0.3, -0.25) is 4.79 Å². The van der Waals surface area contributed by atoms with Crippen LogP contribution in [0.5, 0.6) is 0 Å².